The Bertz CT molecular complexity index is 1940. The number of hydrogen-bond donors (Lipinski definition) is 1. The van der Waals surface area contributed by atoms with E-state index in [0.29, 0.717) is 41.7 Å². The van der Waals surface area contributed by atoms with Gasteiger partial charge in [-0.05, 0) is 139 Å². The zero-order valence-electron chi connectivity index (χ0n) is 31.7. The maximum absolute atomic E-state index is 5.54. The van der Waals surface area contributed by atoms with Crippen LogP contribution in [0.3, 0.4) is 0 Å². The summed E-state index contributed by atoms with van der Waals surface area (Å²) in [4.78, 5) is 2.84. The van der Waals surface area contributed by atoms with Crippen molar-refractivity contribution in [2.75, 3.05) is 0 Å². The van der Waals surface area contributed by atoms with E-state index in [9.17, 15) is 0 Å². The van der Waals surface area contributed by atoms with Gasteiger partial charge in [0, 0.05) is 28.7 Å². The van der Waals surface area contributed by atoms with Crippen LogP contribution in [-0.2, 0) is 19.5 Å². The lowest BCUT2D eigenvalue weighted by Crippen LogP contribution is -2.24. The maximum atomic E-state index is 5.54. The number of fused-ring (bicyclic) bond motifs is 3. The van der Waals surface area contributed by atoms with E-state index in [1.54, 1.807) is 28.1 Å². The van der Waals surface area contributed by atoms with E-state index in [1.807, 2.05) is 0 Å². The highest BCUT2D eigenvalue weighted by atomic mass is 32.1. The van der Waals surface area contributed by atoms with E-state index in [0.717, 1.165) is 32.4 Å². The molecule has 1 saturated heterocycles. The fourth-order valence-electron chi connectivity index (χ4n) is 11.0. The summed E-state index contributed by atoms with van der Waals surface area (Å²) in [6.07, 6.45) is 42.2. The molecule has 0 bridgehead atoms. The van der Waals surface area contributed by atoms with Crippen molar-refractivity contribution in [1.29, 1.82) is 0 Å². The van der Waals surface area contributed by atoms with Gasteiger partial charge in [-0.3, -0.25) is 4.90 Å². The molecule has 0 N–H and O–H groups in total. The van der Waals surface area contributed by atoms with Gasteiger partial charge < -0.3 is 4.57 Å². The molecule has 1 aromatic carbocycles. The molecule has 1 fully saturated rings. The van der Waals surface area contributed by atoms with Crippen molar-refractivity contribution in [2.45, 2.75) is 115 Å². The predicted octanol–water partition coefficient (Wildman–Crippen LogP) is 12.3. The van der Waals surface area contributed by atoms with Crippen molar-refractivity contribution in [2.24, 2.45) is 29.6 Å². The summed E-state index contributed by atoms with van der Waals surface area (Å²) < 4.78 is 2.78. The SMILES string of the molecule is CCC1C(C2C=C(c3ccc(C4=CC=CC(C)C4)cc3)C=CC2)N1Cn1c2c(c3c1CCC(C1=CC(C4CCC=CC4C)=CCC1)C3S)C=CCC2. The Hall–Kier alpha value is -3.27. The van der Waals surface area contributed by atoms with Crippen LogP contribution in [0.4, 0.5) is 0 Å². The summed E-state index contributed by atoms with van der Waals surface area (Å²) in [5, 5.41) is 0.275. The normalized spacial score (nSPS) is 33.5. The first kappa shape index (κ1) is 34.5. The van der Waals surface area contributed by atoms with Crippen molar-refractivity contribution in [1.82, 2.24) is 9.47 Å². The third kappa shape index (κ3) is 6.38. The van der Waals surface area contributed by atoms with E-state index in [2.05, 4.69) is 127 Å². The predicted molar refractivity (Wildman–Crippen MR) is 224 cm³/mol. The van der Waals surface area contributed by atoms with Crippen LogP contribution in [0.25, 0.3) is 17.2 Å². The summed E-state index contributed by atoms with van der Waals surface area (Å²) in [5.41, 5.74) is 15.1. The van der Waals surface area contributed by atoms with Gasteiger partial charge in [-0.25, -0.2) is 0 Å². The molecule has 0 radical (unpaired) electrons. The Labute approximate surface area is 318 Å². The fraction of sp³-hybridized carbons (Fsp3) is 0.469. The van der Waals surface area contributed by atoms with Crippen LogP contribution in [0.1, 0.15) is 117 Å². The van der Waals surface area contributed by atoms with Crippen LogP contribution in [0, 0.1) is 29.6 Å². The van der Waals surface area contributed by atoms with E-state index in [1.165, 1.54) is 72.8 Å². The van der Waals surface area contributed by atoms with E-state index in [-0.39, 0.29) is 5.25 Å². The molecule has 9 rings (SSSR count). The number of rotatable bonds is 8. The molecule has 0 saturated carbocycles. The van der Waals surface area contributed by atoms with Crippen molar-refractivity contribution in [3.63, 3.8) is 0 Å². The molecule has 1 aromatic heterocycles. The third-order valence-corrected chi connectivity index (χ3v) is 14.4. The van der Waals surface area contributed by atoms with Gasteiger partial charge in [-0.1, -0.05) is 124 Å². The van der Waals surface area contributed by atoms with E-state index in [4.69, 9.17) is 12.6 Å². The number of aromatic nitrogens is 1. The highest BCUT2D eigenvalue weighted by molar-refractivity contribution is 7.80. The van der Waals surface area contributed by atoms with Gasteiger partial charge in [0.2, 0.25) is 0 Å². The summed E-state index contributed by atoms with van der Waals surface area (Å²) in [7, 11) is 0. The highest BCUT2D eigenvalue weighted by Gasteiger charge is 2.50. The molecule has 2 nitrogen and oxygen atoms in total. The van der Waals surface area contributed by atoms with E-state index < -0.39 is 0 Å². The topological polar surface area (TPSA) is 7.94 Å². The Kier molecular flexibility index (Phi) is 9.63. The summed E-state index contributed by atoms with van der Waals surface area (Å²) in [5.74, 6) is 3.03. The first-order valence-corrected chi connectivity index (χ1v) is 21.3. The van der Waals surface area contributed by atoms with Crippen LogP contribution < -0.4 is 0 Å². The van der Waals surface area contributed by atoms with Crippen LogP contribution in [0.2, 0.25) is 0 Å². The van der Waals surface area contributed by atoms with Gasteiger partial charge in [-0.15, -0.1) is 0 Å². The Morgan fingerprint density at radius 2 is 1.71 bits per heavy atom. The van der Waals surface area contributed by atoms with Crippen molar-refractivity contribution in [3.8, 4) is 0 Å². The smallest absolute Gasteiger partial charge is 0.0756 e. The molecule has 9 unspecified atom stereocenters. The average Bonchev–Trinajstić information content (AvgIpc) is 3.80. The molecule has 2 heterocycles. The zero-order chi connectivity index (χ0) is 35.3. The number of benzene rings is 1. The minimum atomic E-state index is 0.275. The minimum Gasteiger partial charge on any atom is -0.334 e. The summed E-state index contributed by atoms with van der Waals surface area (Å²) >= 11 is 5.54. The van der Waals surface area contributed by atoms with Crippen LogP contribution in [0.15, 0.2) is 102 Å². The first-order chi connectivity index (χ1) is 25.5. The minimum absolute atomic E-state index is 0.275. The molecular weight excluding hydrogens is 649 g/mol. The fourth-order valence-corrected chi connectivity index (χ4v) is 11.6. The molecule has 9 atom stereocenters. The molecule has 52 heavy (non-hydrogen) atoms. The van der Waals surface area contributed by atoms with E-state index >= 15 is 0 Å². The van der Waals surface area contributed by atoms with Crippen molar-refractivity contribution in [3.05, 3.63) is 136 Å². The van der Waals surface area contributed by atoms with Gasteiger partial charge >= 0.3 is 0 Å². The largest absolute Gasteiger partial charge is 0.334 e. The monoisotopic (exact) mass is 706 g/mol. The van der Waals surface area contributed by atoms with Gasteiger partial charge in [-0.2, -0.15) is 12.6 Å². The molecule has 0 amide bonds. The van der Waals surface area contributed by atoms with Crippen molar-refractivity contribution < 1.29 is 0 Å². The second kappa shape index (κ2) is 14.5. The van der Waals surface area contributed by atoms with Crippen LogP contribution >= 0.6 is 12.6 Å². The number of allylic oxidation sites excluding steroid dienone is 14. The Morgan fingerprint density at radius 3 is 2.54 bits per heavy atom. The molecule has 2 aromatic rings. The lowest BCUT2D eigenvalue weighted by Gasteiger charge is -2.35. The molecule has 270 valence electrons. The maximum Gasteiger partial charge on any atom is 0.0756 e. The standard InChI is InChI=1S/C49H58N2S/c1-4-44-48(40-18-10-15-37(29-40)35-24-22-34(23-25-35)36-14-9-12-32(2)28-36)51(44)31-50-45-21-8-7-20-43(45)47-46(50)27-26-42(49(47)52)39-17-11-16-38(30-39)41-19-6-5-13-33(41)3/h5,7,9-10,12-16,20,22-25,29-30,32-33,40-42,44,48-49,52H,4,6,8,11,17-19,21,26-28,31H2,1-3H3. The zero-order valence-corrected chi connectivity index (χ0v) is 32.6. The third-order valence-electron chi connectivity index (χ3n) is 13.8. The summed E-state index contributed by atoms with van der Waals surface area (Å²) in [6, 6.07) is 10.6. The van der Waals surface area contributed by atoms with Crippen LogP contribution in [-0.4, -0.2) is 21.6 Å². The van der Waals surface area contributed by atoms with Gasteiger partial charge in [0.05, 0.1) is 6.67 Å². The molecule has 0 spiro atoms. The highest BCUT2D eigenvalue weighted by Crippen LogP contribution is 2.51. The molecule has 7 aliphatic rings. The Morgan fingerprint density at radius 1 is 0.846 bits per heavy atom. The molecule has 3 heteroatoms. The van der Waals surface area contributed by atoms with Gasteiger partial charge in [0.25, 0.3) is 0 Å². The van der Waals surface area contributed by atoms with Crippen molar-refractivity contribution >= 4 is 29.9 Å². The van der Waals surface area contributed by atoms with Gasteiger partial charge in [0.15, 0.2) is 0 Å². The molecular formula is C49H58N2S. The lowest BCUT2D eigenvalue weighted by molar-refractivity contribution is 0.344. The molecule has 1 aliphatic heterocycles. The Balaban J connectivity index is 0.945. The second-order valence-corrected chi connectivity index (χ2v) is 17.6. The number of nitrogens with zero attached hydrogens (tertiary/aromatic N) is 2. The van der Waals surface area contributed by atoms with Crippen LogP contribution in [0.5, 0.6) is 0 Å². The second-order valence-electron chi connectivity index (χ2n) is 17.0. The lowest BCUT2D eigenvalue weighted by atomic mass is 9.73. The number of thiol groups is 1. The number of hydrogen-bond acceptors (Lipinski definition) is 2. The first-order valence-electron chi connectivity index (χ1n) is 20.8. The summed E-state index contributed by atoms with van der Waals surface area (Å²) in [6.45, 7) is 8.15. The quantitative estimate of drug-likeness (QED) is 0.163. The molecule has 6 aliphatic carbocycles. The average molecular weight is 707 g/mol. The van der Waals surface area contributed by atoms with Gasteiger partial charge in [0.1, 0.15) is 0 Å².